The third kappa shape index (κ3) is 3.83. The van der Waals surface area contributed by atoms with Crippen LogP contribution in [0.15, 0.2) is 66.7 Å². The Labute approximate surface area is 198 Å². The molecule has 1 fully saturated rings. The molecule has 5 rings (SSSR count). The van der Waals surface area contributed by atoms with Gasteiger partial charge in [-0.1, -0.05) is 36.4 Å². The minimum Gasteiger partial charge on any atom is -0.493 e. The number of nitrogens with zero attached hydrogens (tertiary/aromatic N) is 2. The van der Waals surface area contributed by atoms with Crippen LogP contribution in [0.5, 0.6) is 11.5 Å². The van der Waals surface area contributed by atoms with Crippen molar-refractivity contribution in [3.8, 4) is 11.5 Å². The normalized spacial score (nSPS) is 17.2. The number of methoxy groups -OCH3 is 2. The van der Waals surface area contributed by atoms with Gasteiger partial charge in [0.05, 0.1) is 20.3 Å². The van der Waals surface area contributed by atoms with E-state index in [-0.39, 0.29) is 18.0 Å². The second kappa shape index (κ2) is 9.09. The Balaban J connectivity index is 1.56. The van der Waals surface area contributed by atoms with Crippen molar-refractivity contribution in [2.75, 3.05) is 38.8 Å². The number of ether oxygens (including phenoxy) is 2. The van der Waals surface area contributed by atoms with Gasteiger partial charge in [-0.2, -0.15) is 0 Å². The fraction of sp³-hybridized carbons (Fsp3) is 0.259. The highest BCUT2D eigenvalue weighted by Gasteiger charge is 2.34. The Kier molecular flexibility index (Phi) is 5.84. The Bertz CT molecular complexity index is 1230. The Morgan fingerprint density at radius 3 is 2.41 bits per heavy atom. The molecule has 0 spiro atoms. The lowest BCUT2D eigenvalue weighted by atomic mass is 9.87. The van der Waals surface area contributed by atoms with E-state index in [1.54, 1.807) is 25.2 Å². The molecule has 2 aliphatic rings. The molecule has 7 nitrogen and oxygen atoms in total. The maximum absolute atomic E-state index is 13.9. The maximum atomic E-state index is 13.9. The van der Waals surface area contributed by atoms with Crippen molar-refractivity contribution in [3.63, 3.8) is 0 Å². The molecule has 2 heterocycles. The van der Waals surface area contributed by atoms with E-state index < -0.39 is 0 Å². The number of hydrogen-bond acceptors (Lipinski definition) is 4. The summed E-state index contributed by atoms with van der Waals surface area (Å²) in [6.07, 6.45) is 0.707. The summed E-state index contributed by atoms with van der Waals surface area (Å²) in [6, 6.07) is 20.9. The predicted octanol–water partition coefficient (Wildman–Crippen LogP) is 4.02. The highest BCUT2D eigenvalue weighted by Crippen LogP contribution is 2.41. The van der Waals surface area contributed by atoms with Gasteiger partial charge in [0.1, 0.15) is 0 Å². The van der Waals surface area contributed by atoms with Gasteiger partial charge in [-0.3, -0.25) is 9.69 Å². The van der Waals surface area contributed by atoms with Crippen molar-refractivity contribution >= 4 is 17.6 Å². The highest BCUT2D eigenvalue weighted by molar-refractivity contribution is 5.99. The molecule has 0 aliphatic carbocycles. The third-order valence-corrected chi connectivity index (χ3v) is 6.51. The number of rotatable bonds is 5. The summed E-state index contributed by atoms with van der Waals surface area (Å²) in [5.41, 5.74) is 4.47. The summed E-state index contributed by atoms with van der Waals surface area (Å²) in [4.78, 5) is 29.6. The standard InChI is InChI=1S/C27H27N3O4/c1-33-23-16-19-11-13-30(25(18-7-4-3-5-8-18)22(19)17-24(23)34-2)26(31)20-9-6-10-21(15-20)29-14-12-28-27(29)32/h3-10,15-17,25H,11-14H2,1-2H3,(H,28,32). The van der Waals surface area contributed by atoms with Crippen molar-refractivity contribution in [3.05, 3.63) is 89.0 Å². The van der Waals surface area contributed by atoms with Gasteiger partial charge >= 0.3 is 6.03 Å². The molecule has 1 saturated heterocycles. The number of benzene rings is 3. The second-order valence-corrected chi connectivity index (χ2v) is 8.40. The molecule has 1 atom stereocenters. The zero-order valence-corrected chi connectivity index (χ0v) is 19.3. The molecule has 174 valence electrons. The van der Waals surface area contributed by atoms with E-state index >= 15 is 0 Å². The van der Waals surface area contributed by atoms with E-state index in [0.29, 0.717) is 43.1 Å². The first-order valence-corrected chi connectivity index (χ1v) is 11.4. The zero-order valence-electron chi connectivity index (χ0n) is 19.3. The fourth-order valence-corrected chi connectivity index (χ4v) is 4.85. The molecule has 0 bridgehead atoms. The third-order valence-electron chi connectivity index (χ3n) is 6.51. The molecule has 1 unspecified atom stereocenters. The molecule has 1 N–H and O–H groups in total. The second-order valence-electron chi connectivity index (χ2n) is 8.40. The Morgan fingerprint density at radius 1 is 0.941 bits per heavy atom. The van der Waals surface area contributed by atoms with Crippen LogP contribution in [0.1, 0.15) is 33.1 Å². The van der Waals surface area contributed by atoms with Crippen molar-refractivity contribution in [2.24, 2.45) is 0 Å². The van der Waals surface area contributed by atoms with Gasteiger partial charge in [0.25, 0.3) is 5.91 Å². The van der Waals surface area contributed by atoms with E-state index in [9.17, 15) is 9.59 Å². The van der Waals surface area contributed by atoms with Crippen LogP contribution in [-0.4, -0.2) is 50.7 Å². The van der Waals surface area contributed by atoms with E-state index in [1.807, 2.05) is 65.6 Å². The van der Waals surface area contributed by atoms with Crippen molar-refractivity contribution < 1.29 is 19.1 Å². The van der Waals surface area contributed by atoms with Crippen LogP contribution in [0.25, 0.3) is 0 Å². The number of nitrogens with one attached hydrogen (secondary N) is 1. The largest absolute Gasteiger partial charge is 0.493 e. The number of hydrogen-bond donors (Lipinski definition) is 1. The predicted molar refractivity (Wildman–Crippen MR) is 130 cm³/mol. The van der Waals surface area contributed by atoms with Crippen molar-refractivity contribution in [1.82, 2.24) is 10.2 Å². The smallest absolute Gasteiger partial charge is 0.321 e. The van der Waals surface area contributed by atoms with Gasteiger partial charge in [-0.05, 0) is 53.4 Å². The SMILES string of the molecule is COc1cc2c(cc1OC)C(c1ccccc1)N(C(=O)c1cccc(N3CCNC3=O)c1)CC2. The van der Waals surface area contributed by atoms with Crippen molar-refractivity contribution in [1.29, 1.82) is 0 Å². The van der Waals surface area contributed by atoms with Gasteiger partial charge in [-0.25, -0.2) is 4.79 Å². The monoisotopic (exact) mass is 457 g/mol. The Morgan fingerprint density at radius 2 is 1.71 bits per heavy atom. The highest BCUT2D eigenvalue weighted by atomic mass is 16.5. The van der Waals surface area contributed by atoms with Crippen molar-refractivity contribution in [2.45, 2.75) is 12.5 Å². The van der Waals surface area contributed by atoms with E-state index in [1.165, 1.54) is 0 Å². The first-order chi connectivity index (χ1) is 16.6. The molecule has 3 aromatic rings. The Hall–Kier alpha value is -4.00. The topological polar surface area (TPSA) is 71.1 Å². The molecular weight excluding hydrogens is 430 g/mol. The van der Waals surface area contributed by atoms with Crippen LogP contribution in [0.4, 0.5) is 10.5 Å². The minimum absolute atomic E-state index is 0.0734. The van der Waals surface area contributed by atoms with Crippen LogP contribution < -0.4 is 19.7 Å². The summed E-state index contributed by atoms with van der Waals surface area (Å²) in [5.74, 6) is 1.25. The number of fused-ring (bicyclic) bond motifs is 1. The van der Waals surface area contributed by atoms with E-state index in [4.69, 9.17) is 9.47 Å². The molecule has 3 aromatic carbocycles. The van der Waals surface area contributed by atoms with Gasteiger partial charge in [0.2, 0.25) is 0 Å². The van der Waals surface area contributed by atoms with E-state index in [0.717, 1.165) is 22.4 Å². The number of amides is 3. The van der Waals surface area contributed by atoms with Crippen LogP contribution in [0.2, 0.25) is 0 Å². The average Bonchev–Trinajstić information content (AvgIpc) is 3.33. The van der Waals surface area contributed by atoms with Crippen LogP contribution in [0.3, 0.4) is 0 Å². The fourth-order valence-electron chi connectivity index (χ4n) is 4.85. The van der Waals surface area contributed by atoms with Gasteiger partial charge in [0.15, 0.2) is 11.5 Å². The number of carbonyl (C=O) groups excluding carboxylic acids is 2. The molecule has 7 heteroatoms. The summed E-state index contributed by atoms with van der Waals surface area (Å²) in [6.45, 7) is 1.75. The van der Waals surface area contributed by atoms with E-state index in [2.05, 4.69) is 5.32 Å². The molecule has 0 aromatic heterocycles. The maximum Gasteiger partial charge on any atom is 0.321 e. The number of anilines is 1. The summed E-state index contributed by atoms with van der Waals surface area (Å²) in [5, 5.41) is 2.81. The zero-order chi connectivity index (χ0) is 23.7. The van der Waals surface area contributed by atoms with Crippen LogP contribution in [0, 0.1) is 0 Å². The van der Waals surface area contributed by atoms with Crippen LogP contribution >= 0.6 is 0 Å². The molecule has 0 radical (unpaired) electrons. The van der Waals surface area contributed by atoms with Gasteiger partial charge in [-0.15, -0.1) is 0 Å². The first-order valence-electron chi connectivity index (χ1n) is 11.4. The number of carbonyl (C=O) groups is 2. The lowest BCUT2D eigenvalue weighted by Gasteiger charge is -2.38. The molecule has 3 amide bonds. The van der Waals surface area contributed by atoms with Gasteiger partial charge < -0.3 is 19.7 Å². The quantitative estimate of drug-likeness (QED) is 0.628. The first kappa shape index (κ1) is 21.8. The number of urea groups is 1. The lowest BCUT2D eigenvalue weighted by molar-refractivity contribution is 0.0694. The van der Waals surface area contributed by atoms with Crippen LogP contribution in [-0.2, 0) is 6.42 Å². The molecule has 34 heavy (non-hydrogen) atoms. The lowest BCUT2D eigenvalue weighted by Crippen LogP contribution is -2.40. The molecule has 2 aliphatic heterocycles. The average molecular weight is 458 g/mol. The summed E-state index contributed by atoms with van der Waals surface area (Å²) in [7, 11) is 3.25. The molecular formula is C27H27N3O4. The molecule has 0 saturated carbocycles. The minimum atomic E-state index is -0.268. The summed E-state index contributed by atoms with van der Waals surface area (Å²) < 4.78 is 11.1. The van der Waals surface area contributed by atoms with Gasteiger partial charge in [0, 0.05) is 30.9 Å². The summed E-state index contributed by atoms with van der Waals surface area (Å²) >= 11 is 0.